The molecule has 2 aliphatic rings. The van der Waals surface area contributed by atoms with E-state index in [2.05, 4.69) is 126 Å². The molecule has 0 N–H and O–H groups in total. The lowest BCUT2D eigenvalue weighted by molar-refractivity contribution is 0.590. The van der Waals surface area contributed by atoms with Gasteiger partial charge >= 0.3 is 0 Å². The van der Waals surface area contributed by atoms with Crippen LogP contribution in [0.3, 0.4) is 0 Å². The van der Waals surface area contributed by atoms with Gasteiger partial charge in [0.05, 0.1) is 63.6 Å². The van der Waals surface area contributed by atoms with E-state index in [9.17, 15) is 24.7 Å². The van der Waals surface area contributed by atoms with Crippen molar-refractivity contribution >= 4 is 101 Å². The largest absolute Gasteiger partial charge is 0.311 e. The Morgan fingerprint density at radius 2 is 0.657 bits per heavy atom. The van der Waals surface area contributed by atoms with Crippen molar-refractivity contribution in [2.45, 2.75) is 105 Å². The van der Waals surface area contributed by atoms with Crippen molar-refractivity contribution in [1.29, 1.82) is 0 Å². The summed E-state index contributed by atoms with van der Waals surface area (Å²) in [6, 6.07) is 33.8. The number of anilines is 6. The monoisotopic (exact) mass is 1300 g/mol. The van der Waals surface area contributed by atoms with E-state index in [1.807, 2.05) is 119 Å². The van der Waals surface area contributed by atoms with Gasteiger partial charge in [0.15, 0.2) is 0 Å². The fourth-order valence-electron chi connectivity index (χ4n) is 14.4. The van der Waals surface area contributed by atoms with Crippen molar-refractivity contribution in [3.05, 3.63) is 307 Å². The molecular formula is C94H83BN4. The molecule has 0 amide bonds. The van der Waals surface area contributed by atoms with Gasteiger partial charge in [0.25, 0.3) is 6.71 Å². The molecule has 5 heteroatoms. The highest BCUT2D eigenvalue weighted by molar-refractivity contribution is 7.00. The molecule has 4 nitrogen and oxygen atoms in total. The molecule has 0 fully saturated rings. The van der Waals surface area contributed by atoms with Crippen molar-refractivity contribution in [2.75, 3.05) is 9.80 Å². The summed E-state index contributed by atoms with van der Waals surface area (Å²) in [5.41, 5.74) is 5.34. The first kappa shape index (κ1) is 42.1. The number of hydrogen-bond donors (Lipinski definition) is 0. The summed E-state index contributed by atoms with van der Waals surface area (Å²) in [6.07, 6.45) is 0. The first-order chi connectivity index (χ1) is 56.8. The molecule has 0 atom stereocenters. The topological polar surface area (TPSA) is 16.3 Å². The molecule has 0 bridgehead atoms. The van der Waals surface area contributed by atoms with Crippen molar-refractivity contribution in [3.8, 4) is 55.9 Å². The highest BCUT2D eigenvalue weighted by Crippen LogP contribution is 2.54. The zero-order valence-electron chi connectivity index (χ0n) is 79.3. The van der Waals surface area contributed by atoms with Crippen LogP contribution in [0.15, 0.2) is 285 Å². The molecule has 482 valence electrons. The number of aromatic nitrogens is 2. The third-order valence-electron chi connectivity index (χ3n) is 19.7. The normalized spacial score (nSPS) is 16.3. The van der Waals surface area contributed by atoms with Crippen molar-refractivity contribution in [3.63, 3.8) is 0 Å². The van der Waals surface area contributed by atoms with Gasteiger partial charge in [-0.25, -0.2) is 0 Å². The molecule has 17 rings (SSSR count). The molecule has 0 spiro atoms. The molecule has 0 saturated carbocycles. The zero-order chi connectivity index (χ0) is 87.2. The Hall–Kier alpha value is -10.9. The molecule has 0 unspecified atom stereocenters. The number of hydrogen-bond acceptors (Lipinski definition) is 2. The van der Waals surface area contributed by atoms with Crippen LogP contribution in [0.1, 0.15) is 135 Å². The quantitative estimate of drug-likeness (QED) is 0.141. The van der Waals surface area contributed by atoms with E-state index >= 15 is 0 Å². The number of benzene rings is 13. The summed E-state index contributed by atoms with van der Waals surface area (Å²) < 4.78 is 222. The molecule has 99 heavy (non-hydrogen) atoms. The first-order valence-corrected chi connectivity index (χ1v) is 33.6. The second-order valence-corrected chi connectivity index (χ2v) is 30.1. The number of fused-ring (bicyclic) bond motifs is 10. The van der Waals surface area contributed by atoms with Gasteiger partial charge in [0.2, 0.25) is 0 Å². The minimum atomic E-state index is -1.63. The van der Waals surface area contributed by atoms with E-state index in [1.54, 1.807) is 0 Å². The average Bonchev–Trinajstić information content (AvgIpc) is 1.54. The lowest BCUT2D eigenvalue weighted by Crippen LogP contribution is -2.61. The predicted octanol–water partition coefficient (Wildman–Crippen LogP) is 23.8. The minimum Gasteiger partial charge on any atom is -0.311 e. The third-order valence-corrected chi connectivity index (χ3v) is 19.7. The molecule has 0 radical (unpaired) electrons. The van der Waals surface area contributed by atoms with E-state index < -0.39 is 184 Å². The van der Waals surface area contributed by atoms with E-state index in [4.69, 9.17) is 5.48 Å². The molecule has 13 aromatic carbocycles. The highest BCUT2D eigenvalue weighted by Gasteiger charge is 2.46. The molecule has 15 aromatic rings. The van der Waals surface area contributed by atoms with Crippen LogP contribution in [0.25, 0.3) is 99.5 Å². The van der Waals surface area contributed by atoms with Crippen LogP contribution < -0.4 is 26.2 Å². The molecule has 4 heterocycles. The van der Waals surface area contributed by atoms with Crippen LogP contribution in [0.2, 0.25) is 0 Å². The van der Waals surface area contributed by atoms with E-state index in [0.29, 0.717) is 72.7 Å². The van der Waals surface area contributed by atoms with Crippen molar-refractivity contribution < 1.29 is 30.2 Å². The minimum absolute atomic E-state index is 0.149. The summed E-state index contributed by atoms with van der Waals surface area (Å²) in [5, 5.41) is -1.39. The van der Waals surface area contributed by atoms with Crippen LogP contribution in [-0.4, -0.2) is 15.8 Å². The van der Waals surface area contributed by atoms with Gasteiger partial charge in [-0.05, 0) is 173 Å². The van der Waals surface area contributed by atoms with Gasteiger partial charge < -0.3 is 18.9 Å². The van der Waals surface area contributed by atoms with Crippen LogP contribution in [-0.2, 0) is 21.7 Å². The molecule has 2 aliphatic heterocycles. The SMILES string of the molecule is [2H]c1c([2H])c(-n2c3c([2H])c([2H])c([2H])c([2H])c3c3c([2H])c([2H])c([2H])c([2H])c32)c([2H])c2c1B1c3c(cc(-c4ccccc4)cc3N(c3c(-c4ccc(C(C)(C)C)cc4)cc(C(C)(C)C)cc3-c3ccc(C(C)(C)C)cc3)c3c([2H])c(-n4c5c([2H])c([2H])c([2H])c([2H])c5c5c([2H])c([2H])c([2H])c([2H])c54)c([2H])c([2H])c31)N2c1ccc(C(C)(C)C)cc1-c1ccccc1. The Morgan fingerprint density at radius 1 is 0.293 bits per heavy atom. The maximum Gasteiger partial charge on any atom is 0.252 e. The summed E-state index contributed by atoms with van der Waals surface area (Å²) in [5.74, 6) is 0. The molecular weight excluding hydrogens is 1200 g/mol. The van der Waals surface area contributed by atoms with Crippen LogP contribution >= 0.6 is 0 Å². The second-order valence-electron chi connectivity index (χ2n) is 30.1. The van der Waals surface area contributed by atoms with Gasteiger partial charge in [-0.3, -0.25) is 0 Å². The summed E-state index contributed by atoms with van der Waals surface area (Å²) in [7, 11) is 0. The third kappa shape index (κ3) is 10.3. The average molecular weight is 1300 g/mol. The number of nitrogens with zero attached hydrogens (tertiary/aromatic N) is 4. The van der Waals surface area contributed by atoms with Gasteiger partial charge in [0.1, 0.15) is 0 Å². The predicted molar refractivity (Wildman–Crippen MR) is 426 cm³/mol. The summed E-state index contributed by atoms with van der Waals surface area (Å²) in [6.45, 7) is 23.6. The van der Waals surface area contributed by atoms with Crippen molar-refractivity contribution in [2.24, 2.45) is 0 Å². The number of rotatable bonds is 8. The smallest absolute Gasteiger partial charge is 0.252 e. The number of para-hydroxylation sites is 4. The Bertz CT molecular complexity index is 6840. The lowest BCUT2D eigenvalue weighted by atomic mass is 9.33. The van der Waals surface area contributed by atoms with Crippen LogP contribution in [0.5, 0.6) is 0 Å². The first-order valence-electron chi connectivity index (χ1n) is 44.6. The maximum absolute atomic E-state index is 11.8. The fraction of sp³-hybridized carbons (Fsp3) is 0.170. The maximum atomic E-state index is 11.8. The van der Waals surface area contributed by atoms with Crippen LogP contribution in [0.4, 0.5) is 34.1 Å². The second kappa shape index (κ2) is 22.9. The van der Waals surface area contributed by atoms with Gasteiger partial charge in [-0.1, -0.05) is 283 Å². The Balaban J connectivity index is 1.16. The van der Waals surface area contributed by atoms with Crippen molar-refractivity contribution in [1.82, 2.24) is 9.13 Å². The summed E-state index contributed by atoms with van der Waals surface area (Å²) >= 11 is 0. The molecule has 2 aromatic heterocycles. The van der Waals surface area contributed by atoms with E-state index in [1.165, 1.54) is 0 Å². The standard InChI is InChI=1S/C94H83BN4/c1-91(2,3)65-43-39-62(40-44-65)76-56-68(94(10,11)12)57-77(63-41-45-66(46-42-63)92(4,5)6)90(76)99-86-59-70(97-82-37-25-21-33-73(82)74-34-22-26-38-83(74)97)49-51-79(86)95-78-50-48-69(96-80-35-23-19-31-71(80)72-32-20-24-36-81(72)96)58-85(78)98(87-53-64(54-88(99)89(87)95)60-27-15-13-16-28-60)84-52-47-67(93(7,8)9)55-75(84)61-29-17-14-18-30-61/h13-59H,1-12H3/i19D,20D,21D,22D,23D,24D,25D,26D,31D,32D,33D,34D,35D,36D,37D,38D,48D,49D,50D,51D,58D,59D. The van der Waals surface area contributed by atoms with Gasteiger partial charge in [0, 0.05) is 72.4 Å². The van der Waals surface area contributed by atoms with Gasteiger partial charge in [-0.15, -0.1) is 0 Å². The Kier molecular flexibility index (Phi) is 9.71. The van der Waals surface area contributed by atoms with Crippen LogP contribution in [0, 0.1) is 0 Å². The molecule has 0 saturated heterocycles. The Labute approximate surface area is 615 Å². The van der Waals surface area contributed by atoms with E-state index in [0.717, 1.165) is 31.4 Å². The van der Waals surface area contributed by atoms with E-state index in [-0.39, 0.29) is 54.7 Å². The fourth-order valence-corrected chi connectivity index (χ4v) is 14.4. The van der Waals surface area contributed by atoms with Gasteiger partial charge in [-0.2, -0.15) is 0 Å². The summed E-state index contributed by atoms with van der Waals surface area (Å²) in [4.78, 5) is 3.73. The lowest BCUT2D eigenvalue weighted by Gasteiger charge is -2.46. The Morgan fingerprint density at radius 3 is 1.08 bits per heavy atom. The molecule has 0 aliphatic carbocycles. The highest BCUT2D eigenvalue weighted by atomic mass is 15.2. The zero-order valence-corrected chi connectivity index (χ0v) is 57.3.